The molecule has 5 heteroatoms. The van der Waals surface area contributed by atoms with Crippen LogP contribution >= 0.6 is 0 Å². The van der Waals surface area contributed by atoms with Gasteiger partial charge in [0.15, 0.2) is 0 Å². The van der Waals surface area contributed by atoms with Gasteiger partial charge in [-0.2, -0.15) is 0 Å². The zero-order valence-corrected chi connectivity index (χ0v) is 13.2. The number of carbonyl (C=O) groups is 1. The van der Waals surface area contributed by atoms with Crippen LogP contribution in [0.1, 0.15) is 37.7 Å². The van der Waals surface area contributed by atoms with Crippen molar-refractivity contribution in [3.05, 3.63) is 42.6 Å². The summed E-state index contributed by atoms with van der Waals surface area (Å²) in [7, 11) is 0. The largest absolute Gasteiger partial charge is 0.352 e. The summed E-state index contributed by atoms with van der Waals surface area (Å²) in [5.41, 5.74) is 1.01. The molecule has 120 valence electrons. The van der Waals surface area contributed by atoms with Crippen LogP contribution in [0.25, 0.3) is 5.82 Å². The van der Waals surface area contributed by atoms with E-state index in [1.807, 2.05) is 22.9 Å². The molecule has 2 aromatic rings. The highest BCUT2D eigenvalue weighted by atomic mass is 16.1. The number of nitrogens with one attached hydrogen (secondary N) is 1. The van der Waals surface area contributed by atoms with Crippen molar-refractivity contribution in [1.82, 2.24) is 19.9 Å². The number of pyridine rings is 1. The lowest BCUT2D eigenvalue weighted by Crippen LogP contribution is -2.27. The van der Waals surface area contributed by atoms with Crippen molar-refractivity contribution in [1.29, 1.82) is 0 Å². The van der Waals surface area contributed by atoms with Crippen LogP contribution in [-0.2, 0) is 11.3 Å². The fraction of sp³-hybridized carbons (Fsp3) is 0.500. The van der Waals surface area contributed by atoms with Gasteiger partial charge in [0.25, 0.3) is 0 Å². The molecule has 0 aromatic carbocycles. The summed E-state index contributed by atoms with van der Waals surface area (Å²) in [4.78, 5) is 20.8. The third-order valence-corrected chi connectivity index (χ3v) is 5.42. The van der Waals surface area contributed by atoms with E-state index in [0.717, 1.165) is 23.2 Å². The van der Waals surface area contributed by atoms with Crippen molar-refractivity contribution in [2.45, 2.75) is 38.6 Å². The SMILES string of the molecule is O=C(CC1CC2CCC1C2)NCc1cccnc1-n1ccnc1. The molecule has 5 nitrogen and oxygen atoms in total. The number of hydrogen-bond acceptors (Lipinski definition) is 3. The Morgan fingerprint density at radius 1 is 1.30 bits per heavy atom. The zero-order chi connectivity index (χ0) is 15.6. The highest BCUT2D eigenvalue weighted by Crippen LogP contribution is 2.49. The van der Waals surface area contributed by atoms with Gasteiger partial charge in [-0.1, -0.05) is 12.5 Å². The molecule has 3 unspecified atom stereocenters. The molecule has 0 aliphatic heterocycles. The Hall–Kier alpha value is -2.17. The summed E-state index contributed by atoms with van der Waals surface area (Å²) in [5, 5.41) is 3.07. The van der Waals surface area contributed by atoms with Crippen LogP contribution in [0.15, 0.2) is 37.1 Å². The van der Waals surface area contributed by atoms with E-state index in [-0.39, 0.29) is 5.91 Å². The molecule has 2 aliphatic rings. The monoisotopic (exact) mass is 310 g/mol. The fourth-order valence-electron chi connectivity index (χ4n) is 4.32. The molecule has 2 aromatic heterocycles. The summed E-state index contributed by atoms with van der Waals surface area (Å²) in [6.07, 6.45) is 13.1. The van der Waals surface area contributed by atoms with Crippen LogP contribution in [0.2, 0.25) is 0 Å². The predicted molar refractivity (Wildman–Crippen MR) is 86.8 cm³/mol. The van der Waals surface area contributed by atoms with E-state index in [1.54, 1.807) is 18.7 Å². The lowest BCUT2D eigenvalue weighted by molar-refractivity contribution is -0.122. The predicted octanol–water partition coefficient (Wildman–Crippen LogP) is 2.71. The van der Waals surface area contributed by atoms with E-state index in [0.29, 0.717) is 18.9 Å². The first-order valence-electron chi connectivity index (χ1n) is 8.48. The Labute approximate surface area is 136 Å². The van der Waals surface area contributed by atoms with Gasteiger partial charge in [0, 0.05) is 37.1 Å². The molecule has 2 heterocycles. The molecule has 0 saturated heterocycles. The summed E-state index contributed by atoms with van der Waals surface area (Å²) in [6.45, 7) is 0.515. The van der Waals surface area contributed by atoms with Gasteiger partial charge in [-0.05, 0) is 43.1 Å². The molecule has 2 saturated carbocycles. The number of nitrogens with zero attached hydrogens (tertiary/aromatic N) is 3. The molecule has 23 heavy (non-hydrogen) atoms. The Morgan fingerprint density at radius 3 is 3.00 bits per heavy atom. The van der Waals surface area contributed by atoms with Crippen LogP contribution in [0.5, 0.6) is 0 Å². The molecular weight excluding hydrogens is 288 g/mol. The van der Waals surface area contributed by atoms with E-state index in [9.17, 15) is 4.79 Å². The Morgan fingerprint density at radius 2 is 2.26 bits per heavy atom. The Bertz CT molecular complexity index is 682. The van der Waals surface area contributed by atoms with Gasteiger partial charge in [-0.25, -0.2) is 9.97 Å². The number of rotatable bonds is 5. The molecule has 3 atom stereocenters. The van der Waals surface area contributed by atoms with Crippen LogP contribution < -0.4 is 5.32 Å². The van der Waals surface area contributed by atoms with Crippen LogP contribution in [-0.4, -0.2) is 20.4 Å². The van der Waals surface area contributed by atoms with Crippen molar-refractivity contribution in [3.8, 4) is 5.82 Å². The van der Waals surface area contributed by atoms with Gasteiger partial charge < -0.3 is 5.32 Å². The summed E-state index contributed by atoms with van der Waals surface area (Å²) in [6, 6.07) is 3.90. The summed E-state index contributed by atoms with van der Waals surface area (Å²) in [5.74, 6) is 3.29. The highest BCUT2D eigenvalue weighted by Gasteiger charge is 2.39. The molecule has 1 N–H and O–H groups in total. The van der Waals surface area contributed by atoms with Gasteiger partial charge in [0.2, 0.25) is 5.91 Å². The zero-order valence-electron chi connectivity index (χ0n) is 13.2. The Kier molecular flexibility index (Phi) is 3.85. The standard InChI is InChI=1S/C18H22N4O/c23-17(10-16-9-13-3-4-14(16)8-13)21-11-15-2-1-5-20-18(15)22-7-6-19-12-22/h1-2,5-7,12-14,16H,3-4,8-11H2,(H,21,23). The first-order chi connectivity index (χ1) is 11.3. The topological polar surface area (TPSA) is 59.8 Å². The average Bonchev–Trinajstić information content (AvgIpc) is 3.31. The van der Waals surface area contributed by atoms with Crippen molar-refractivity contribution in [3.63, 3.8) is 0 Å². The maximum atomic E-state index is 12.3. The van der Waals surface area contributed by atoms with Gasteiger partial charge in [-0.15, -0.1) is 0 Å². The van der Waals surface area contributed by atoms with E-state index >= 15 is 0 Å². The first kappa shape index (κ1) is 14.4. The number of aromatic nitrogens is 3. The maximum absolute atomic E-state index is 12.3. The van der Waals surface area contributed by atoms with E-state index in [4.69, 9.17) is 0 Å². The molecular formula is C18H22N4O. The van der Waals surface area contributed by atoms with Gasteiger partial charge in [0.05, 0.1) is 0 Å². The molecule has 0 spiro atoms. The molecule has 4 rings (SSSR count). The van der Waals surface area contributed by atoms with Gasteiger partial charge >= 0.3 is 0 Å². The van der Waals surface area contributed by atoms with Gasteiger partial charge in [0.1, 0.15) is 12.1 Å². The third-order valence-electron chi connectivity index (χ3n) is 5.42. The quantitative estimate of drug-likeness (QED) is 0.923. The van der Waals surface area contributed by atoms with Crippen molar-refractivity contribution < 1.29 is 4.79 Å². The molecule has 2 aliphatic carbocycles. The second-order valence-electron chi connectivity index (χ2n) is 6.87. The van der Waals surface area contributed by atoms with Crippen molar-refractivity contribution >= 4 is 5.91 Å². The van der Waals surface area contributed by atoms with Crippen molar-refractivity contribution in [2.75, 3.05) is 0 Å². The van der Waals surface area contributed by atoms with E-state index < -0.39 is 0 Å². The minimum Gasteiger partial charge on any atom is -0.352 e. The Balaban J connectivity index is 1.37. The van der Waals surface area contributed by atoms with Gasteiger partial charge in [-0.3, -0.25) is 9.36 Å². The van der Waals surface area contributed by atoms with Crippen molar-refractivity contribution in [2.24, 2.45) is 17.8 Å². The highest BCUT2D eigenvalue weighted by molar-refractivity contribution is 5.76. The number of amides is 1. The van der Waals surface area contributed by atoms with Crippen LogP contribution in [0, 0.1) is 17.8 Å². The van der Waals surface area contributed by atoms with E-state index in [1.165, 1.54) is 25.7 Å². The second kappa shape index (κ2) is 6.14. The fourth-order valence-corrected chi connectivity index (χ4v) is 4.32. The summed E-state index contributed by atoms with van der Waals surface area (Å²) >= 11 is 0. The minimum atomic E-state index is 0.169. The second-order valence-corrected chi connectivity index (χ2v) is 6.87. The maximum Gasteiger partial charge on any atom is 0.220 e. The van der Waals surface area contributed by atoms with Crippen LogP contribution in [0.4, 0.5) is 0 Å². The average molecular weight is 310 g/mol. The number of hydrogen-bond donors (Lipinski definition) is 1. The number of carbonyl (C=O) groups excluding carboxylic acids is 1. The van der Waals surface area contributed by atoms with Crippen LogP contribution in [0.3, 0.4) is 0 Å². The molecule has 1 amide bonds. The van der Waals surface area contributed by atoms with E-state index in [2.05, 4.69) is 15.3 Å². The molecule has 2 bridgehead atoms. The normalized spacial score (nSPS) is 25.7. The lowest BCUT2D eigenvalue weighted by atomic mass is 9.86. The number of fused-ring (bicyclic) bond motifs is 2. The molecule has 0 radical (unpaired) electrons. The first-order valence-corrected chi connectivity index (χ1v) is 8.48. The smallest absolute Gasteiger partial charge is 0.220 e. The summed E-state index contributed by atoms with van der Waals surface area (Å²) < 4.78 is 1.87. The third kappa shape index (κ3) is 3.00. The molecule has 2 fully saturated rings. The lowest BCUT2D eigenvalue weighted by Gasteiger charge is -2.21. The number of imidazole rings is 1. The minimum absolute atomic E-state index is 0.169.